The number of halogens is 1. The molecule has 124 valence electrons. The Morgan fingerprint density at radius 3 is 2.82 bits per heavy atom. The maximum absolute atomic E-state index is 13.5. The number of anilines is 1. The zero-order chi connectivity index (χ0) is 16.3. The second-order valence-electron chi connectivity index (χ2n) is 6.14. The van der Waals surface area contributed by atoms with E-state index in [1.807, 2.05) is 20.2 Å². The molecule has 1 aromatic heterocycles. The third kappa shape index (κ3) is 4.12. The minimum Gasteiger partial charge on any atom is -0.388 e. The van der Waals surface area contributed by atoms with Gasteiger partial charge in [0.25, 0.3) is 0 Å². The molecule has 1 N–H and O–H groups in total. The molecule has 22 heavy (non-hydrogen) atoms. The molecule has 2 rings (SSSR count). The van der Waals surface area contributed by atoms with Crippen molar-refractivity contribution in [1.29, 1.82) is 0 Å². The fraction of sp³-hybridized carbons (Fsp3) is 0.688. The van der Waals surface area contributed by atoms with Crippen LogP contribution in [0.3, 0.4) is 0 Å². The van der Waals surface area contributed by atoms with Crippen LogP contribution in [0.2, 0.25) is 0 Å². The lowest BCUT2D eigenvalue weighted by Gasteiger charge is -2.35. The highest BCUT2D eigenvalue weighted by molar-refractivity contribution is 7.98. The number of aromatic nitrogens is 1. The topological polar surface area (TPSA) is 39.6 Å². The molecule has 1 fully saturated rings. The largest absolute Gasteiger partial charge is 0.388 e. The van der Waals surface area contributed by atoms with Gasteiger partial charge in [0.15, 0.2) is 0 Å². The van der Waals surface area contributed by atoms with Crippen LogP contribution < -0.4 is 4.90 Å². The van der Waals surface area contributed by atoms with Gasteiger partial charge in [0.05, 0.1) is 17.1 Å². The van der Waals surface area contributed by atoms with Crippen LogP contribution in [-0.4, -0.2) is 60.7 Å². The predicted molar refractivity (Wildman–Crippen MR) is 91.3 cm³/mol. The van der Waals surface area contributed by atoms with Gasteiger partial charge in [-0.05, 0) is 45.8 Å². The zero-order valence-corrected chi connectivity index (χ0v) is 14.6. The molecular formula is C16H26FN3OS. The Morgan fingerprint density at radius 1 is 1.50 bits per heavy atom. The smallest absolute Gasteiger partial charge is 0.129 e. The van der Waals surface area contributed by atoms with Gasteiger partial charge in [-0.25, -0.2) is 4.39 Å². The van der Waals surface area contributed by atoms with Gasteiger partial charge in [-0.3, -0.25) is 4.98 Å². The molecule has 4 nitrogen and oxygen atoms in total. The Hall–Kier alpha value is -0.850. The van der Waals surface area contributed by atoms with Crippen molar-refractivity contribution >= 4 is 17.4 Å². The van der Waals surface area contributed by atoms with Crippen LogP contribution in [-0.2, 0) is 6.54 Å². The molecule has 0 radical (unpaired) electrons. The highest BCUT2D eigenvalue weighted by atomic mass is 32.2. The van der Waals surface area contributed by atoms with E-state index in [2.05, 4.69) is 29.0 Å². The fourth-order valence-electron chi connectivity index (χ4n) is 2.68. The molecule has 6 heteroatoms. The van der Waals surface area contributed by atoms with Crippen LogP contribution in [0.4, 0.5) is 10.1 Å². The first-order valence-electron chi connectivity index (χ1n) is 7.66. The molecule has 1 unspecified atom stereocenters. The Bertz CT molecular complexity index is 500. The van der Waals surface area contributed by atoms with Crippen molar-refractivity contribution < 1.29 is 9.50 Å². The van der Waals surface area contributed by atoms with Gasteiger partial charge in [-0.1, -0.05) is 0 Å². The SMILES string of the molecule is CSC(C)c1ccc(N2CC[C@@H](F)[C@H](O)C2)c(CN(C)C)n1. The Labute approximate surface area is 136 Å². The van der Waals surface area contributed by atoms with E-state index in [0.717, 1.165) is 23.6 Å². The molecule has 1 aliphatic heterocycles. The highest BCUT2D eigenvalue weighted by Crippen LogP contribution is 2.30. The normalized spacial score (nSPS) is 23.9. The Kier molecular flexibility index (Phi) is 6.06. The number of rotatable bonds is 5. The van der Waals surface area contributed by atoms with E-state index in [4.69, 9.17) is 4.98 Å². The number of thioether (sulfide) groups is 1. The molecule has 0 amide bonds. The minimum atomic E-state index is -1.11. The minimum absolute atomic E-state index is 0.334. The summed E-state index contributed by atoms with van der Waals surface area (Å²) in [6, 6.07) is 4.11. The molecule has 0 saturated carbocycles. The van der Waals surface area contributed by atoms with E-state index in [-0.39, 0.29) is 0 Å². The van der Waals surface area contributed by atoms with Gasteiger partial charge in [0.2, 0.25) is 0 Å². The maximum atomic E-state index is 13.5. The van der Waals surface area contributed by atoms with Gasteiger partial charge in [-0.2, -0.15) is 11.8 Å². The molecule has 1 aromatic rings. The van der Waals surface area contributed by atoms with Crippen molar-refractivity contribution in [3.63, 3.8) is 0 Å². The molecule has 0 aliphatic carbocycles. The molecule has 1 aliphatic rings. The van der Waals surface area contributed by atoms with Crippen LogP contribution in [0.25, 0.3) is 0 Å². The zero-order valence-electron chi connectivity index (χ0n) is 13.8. The highest BCUT2D eigenvalue weighted by Gasteiger charge is 2.29. The van der Waals surface area contributed by atoms with E-state index >= 15 is 0 Å². The number of aliphatic hydroxyl groups is 1. The van der Waals surface area contributed by atoms with E-state index < -0.39 is 12.3 Å². The summed E-state index contributed by atoms with van der Waals surface area (Å²) < 4.78 is 13.5. The van der Waals surface area contributed by atoms with E-state index in [9.17, 15) is 9.50 Å². The Morgan fingerprint density at radius 2 is 2.23 bits per heavy atom. The number of hydrogen-bond acceptors (Lipinski definition) is 5. The summed E-state index contributed by atoms with van der Waals surface area (Å²) in [5, 5.41) is 10.2. The lowest BCUT2D eigenvalue weighted by Crippen LogP contribution is -2.45. The summed E-state index contributed by atoms with van der Waals surface area (Å²) in [6.45, 7) is 3.83. The average Bonchev–Trinajstić information content (AvgIpc) is 2.48. The molecule has 3 atom stereocenters. The number of piperidine rings is 1. The quantitative estimate of drug-likeness (QED) is 0.899. The van der Waals surface area contributed by atoms with E-state index in [1.165, 1.54) is 0 Å². The van der Waals surface area contributed by atoms with Crippen LogP contribution in [0.15, 0.2) is 12.1 Å². The second kappa shape index (κ2) is 7.62. The van der Waals surface area contributed by atoms with Crippen molar-refractivity contribution in [1.82, 2.24) is 9.88 Å². The number of hydrogen-bond donors (Lipinski definition) is 1. The van der Waals surface area contributed by atoms with Gasteiger partial charge in [0, 0.05) is 24.9 Å². The molecule has 1 saturated heterocycles. The van der Waals surface area contributed by atoms with Gasteiger partial charge < -0.3 is 14.9 Å². The summed E-state index contributed by atoms with van der Waals surface area (Å²) in [7, 11) is 4.03. The van der Waals surface area contributed by atoms with Crippen LogP contribution in [0.1, 0.15) is 30.0 Å². The van der Waals surface area contributed by atoms with Crippen molar-refractivity contribution in [2.24, 2.45) is 0 Å². The van der Waals surface area contributed by atoms with Crippen LogP contribution in [0, 0.1) is 0 Å². The first kappa shape index (κ1) is 17.5. The van der Waals surface area contributed by atoms with Crippen LogP contribution >= 0.6 is 11.8 Å². The third-order valence-corrected chi connectivity index (χ3v) is 5.00. The summed E-state index contributed by atoms with van der Waals surface area (Å²) in [4.78, 5) is 8.96. The van der Waals surface area contributed by atoms with Crippen molar-refractivity contribution in [2.45, 2.75) is 37.4 Å². The number of nitrogens with zero attached hydrogens (tertiary/aromatic N) is 3. The molecular weight excluding hydrogens is 301 g/mol. The van der Waals surface area contributed by atoms with Crippen molar-refractivity contribution in [2.75, 3.05) is 38.3 Å². The first-order chi connectivity index (χ1) is 10.4. The average molecular weight is 327 g/mol. The van der Waals surface area contributed by atoms with Gasteiger partial charge in [-0.15, -0.1) is 0 Å². The van der Waals surface area contributed by atoms with Gasteiger partial charge in [0.1, 0.15) is 12.3 Å². The van der Waals surface area contributed by atoms with E-state index in [1.54, 1.807) is 11.8 Å². The molecule has 0 aromatic carbocycles. The lowest BCUT2D eigenvalue weighted by atomic mass is 10.0. The lowest BCUT2D eigenvalue weighted by molar-refractivity contribution is 0.0644. The summed E-state index contributed by atoms with van der Waals surface area (Å²) in [5.41, 5.74) is 3.07. The molecule has 0 spiro atoms. The van der Waals surface area contributed by atoms with Crippen molar-refractivity contribution in [3.8, 4) is 0 Å². The number of alkyl halides is 1. The van der Waals surface area contributed by atoms with Crippen molar-refractivity contribution in [3.05, 3.63) is 23.5 Å². The first-order valence-corrected chi connectivity index (χ1v) is 8.95. The second-order valence-corrected chi connectivity index (χ2v) is 7.31. The number of β-amino-alcohol motifs (C(OH)–C–C–N with tert-alkyl or cyclic N) is 1. The van der Waals surface area contributed by atoms with E-state index in [0.29, 0.717) is 24.8 Å². The number of aliphatic hydroxyl groups excluding tert-OH is 1. The maximum Gasteiger partial charge on any atom is 0.129 e. The third-order valence-electron chi connectivity index (χ3n) is 4.05. The summed E-state index contributed by atoms with van der Waals surface area (Å²) in [6.07, 6.45) is 0.419. The standard InChI is InChI=1S/C16H26FN3OS/c1-11(22-4)13-5-6-15(14(18-13)9-19(2)3)20-8-7-12(17)16(21)10-20/h5-6,11-12,16,21H,7-10H2,1-4H3/t11?,12-,16-/m1/s1. The summed E-state index contributed by atoms with van der Waals surface area (Å²) in [5.74, 6) is 0. The predicted octanol–water partition coefficient (Wildman–Crippen LogP) is 2.48. The van der Waals surface area contributed by atoms with Gasteiger partial charge >= 0.3 is 0 Å². The number of pyridine rings is 1. The molecule has 2 heterocycles. The monoisotopic (exact) mass is 327 g/mol. The van der Waals surface area contributed by atoms with Crippen LogP contribution in [0.5, 0.6) is 0 Å². The fourth-order valence-corrected chi connectivity index (χ4v) is 3.06. The molecule has 0 bridgehead atoms. The Balaban J connectivity index is 2.29. The summed E-state index contributed by atoms with van der Waals surface area (Å²) >= 11 is 1.77.